The third-order valence-electron chi connectivity index (χ3n) is 5.75. The van der Waals surface area contributed by atoms with Gasteiger partial charge in [0.2, 0.25) is 0 Å². The Hall–Kier alpha value is -3.69. The number of benzene rings is 1. The normalized spacial score (nSPS) is 13.9. The van der Waals surface area contributed by atoms with Gasteiger partial charge in [-0.2, -0.15) is 18.3 Å². The van der Waals surface area contributed by atoms with Crippen molar-refractivity contribution in [3.63, 3.8) is 0 Å². The minimum absolute atomic E-state index is 0.0570. The molecular formula is C23H22F3N5O2. The molecule has 1 aromatic carbocycles. The van der Waals surface area contributed by atoms with Crippen molar-refractivity contribution < 1.29 is 22.8 Å². The van der Waals surface area contributed by atoms with Crippen molar-refractivity contribution in [2.45, 2.75) is 32.9 Å². The van der Waals surface area contributed by atoms with Crippen molar-refractivity contribution in [2.24, 2.45) is 0 Å². The van der Waals surface area contributed by atoms with Gasteiger partial charge in [-0.05, 0) is 56.5 Å². The Morgan fingerprint density at radius 1 is 1.00 bits per heavy atom. The molecule has 0 atom stereocenters. The van der Waals surface area contributed by atoms with Crippen LogP contribution in [-0.2, 0) is 6.18 Å². The maximum absolute atomic E-state index is 12.9. The lowest BCUT2D eigenvalue weighted by atomic mass is 10.0. The standard InChI is InChI=1S/C23H22F3N5O2/c1-14-17(22(33)30-10-3-4-11-30)6-5-7-19(14)29-21(32)18-13-28-31(15(18)2)20-9-8-16(12-27-20)23(24,25)26/h5-9,12-13H,3-4,10-11H2,1-2H3,(H,29,32). The highest BCUT2D eigenvalue weighted by atomic mass is 19.4. The molecule has 3 heterocycles. The number of likely N-dealkylation sites (tertiary alicyclic amines) is 1. The van der Waals surface area contributed by atoms with E-state index in [0.29, 0.717) is 22.5 Å². The number of amides is 2. The highest BCUT2D eigenvalue weighted by Gasteiger charge is 2.31. The van der Waals surface area contributed by atoms with Gasteiger partial charge < -0.3 is 10.2 Å². The van der Waals surface area contributed by atoms with Crippen LogP contribution in [0, 0.1) is 13.8 Å². The number of hydrogen-bond donors (Lipinski definition) is 1. The molecule has 1 aliphatic rings. The number of alkyl halides is 3. The Morgan fingerprint density at radius 2 is 1.73 bits per heavy atom. The lowest BCUT2D eigenvalue weighted by molar-refractivity contribution is -0.137. The summed E-state index contributed by atoms with van der Waals surface area (Å²) in [5.41, 5.74) is 1.50. The Balaban J connectivity index is 1.55. The van der Waals surface area contributed by atoms with Crippen molar-refractivity contribution >= 4 is 17.5 Å². The van der Waals surface area contributed by atoms with Crippen LogP contribution in [0.25, 0.3) is 5.82 Å². The number of anilines is 1. The molecule has 2 amide bonds. The molecule has 0 saturated carbocycles. The number of hydrogen-bond acceptors (Lipinski definition) is 4. The second-order valence-electron chi connectivity index (χ2n) is 7.89. The molecule has 2 aromatic heterocycles. The van der Waals surface area contributed by atoms with Crippen LogP contribution in [0.2, 0.25) is 0 Å². The summed E-state index contributed by atoms with van der Waals surface area (Å²) >= 11 is 0. The summed E-state index contributed by atoms with van der Waals surface area (Å²) in [6, 6.07) is 7.28. The summed E-state index contributed by atoms with van der Waals surface area (Å²) in [5, 5.41) is 6.93. The van der Waals surface area contributed by atoms with Crippen LogP contribution in [0.15, 0.2) is 42.7 Å². The molecule has 1 fully saturated rings. The second-order valence-corrected chi connectivity index (χ2v) is 7.89. The van der Waals surface area contributed by atoms with Crippen LogP contribution < -0.4 is 5.32 Å². The van der Waals surface area contributed by atoms with Crippen LogP contribution in [0.5, 0.6) is 0 Å². The minimum atomic E-state index is -4.49. The lowest BCUT2D eigenvalue weighted by Gasteiger charge is -2.18. The number of aromatic nitrogens is 3. The summed E-state index contributed by atoms with van der Waals surface area (Å²) in [5.74, 6) is -0.341. The first-order valence-corrected chi connectivity index (χ1v) is 10.5. The van der Waals surface area contributed by atoms with Crippen molar-refractivity contribution in [3.05, 3.63) is 70.7 Å². The van der Waals surface area contributed by atoms with E-state index in [4.69, 9.17) is 0 Å². The van der Waals surface area contributed by atoms with E-state index in [0.717, 1.165) is 38.2 Å². The van der Waals surface area contributed by atoms with Gasteiger partial charge in [0, 0.05) is 30.5 Å². The molecule has 3 aromatic rings. The summed E-state index contributed by atoms with van der Waals surface area (Å²) in [6.07, 6.45) is -0.462. The van der Waals surface area contributed by atoms with E-state index in [9.17, 15) is 22.8 Å². The van der Waals surface area contributed by atoms with Gasteiger partial charge in [-0.25, -0.2) is 9.67 Å². The third kappa shape index (κ3) is 4.46. The molecule has 0 spiro atoms. The van der Waals surface area contributed by atoms with Gasteiger partial charge in [0.15, 0.2) is 5.82 Å². The van der Waals surface area contributed by atoms with E-state index < -0.39 is 17.6 Å². The van der Waals surface area contributed by atoms with Gasteiger partial charge in [0.1, 0.15) is 0 Å². The van der Waals surface area contributed by atoms with Crippen LogP contribution in [0.4, 0.5) is 18.9 Å². The summed E-state index contributed by atoms with van der Waals surface area (Å²) in [4.78, 5) is 31.4. The molecule has 1 aliphatic heterocycles. The number of rotatable bonds is 4. The fourth-order valence-electron chi connectivity index (χ4n) is 3.83. The van der Waals surface area contributed by atoms with E-state index in [-0.39, 0.29) is 17.3 Å². The number of pyridine rings is 1. The van der Waals surface area contributed by atoms with Gasteiger partial charge >= 0.3 is 6.18 Å². The zero-order chi connectivity index (χ0) is 23.8. The van der Waals surface area contributed by atoms with Crippen molar-refractivity contribution in [2.75, 3.05) is 18.4 Å². The quantitative estimate of drug-likeness (QED) is 0.630. The predicted molar refractivity (Wildman–Crippen MR) is 115 cm³/mol. The molecule has 10 heteroatoms. The molecular weight excluding hydrogens is 435 g/mol. The van der Waals surface area contributed by atoms with Gasteiger partial charge in [-0.3, -0.25) is 9.59 Å². The van der Waals surface area contributed by atoms with Gasteiger partial charge in [0.25, 0.3) is 11.8 Å². The Bertz CT molecular complexity index is 1200. The smallest absolute Gasteiger partial charge is 0.339 e. The summed E-state index contributed by atoms with van der Waals surface area (Å²) < 4.78 is 39.6. The fraction of sp³-hybridized carbons (Fsp3) is 0.304. The maximum Gasteiger partial charge on any atom is 0.417 e. The van der Waals surface area contributed by atoms with Crippen LogP contribution in [-0.4, -0.2) is 44.6 Å². The largest absolute Gasteiger partial charge is 0.417 e. The van der Waals surface area contributed by atoms with E-state index in [2.05, 4.69) is 15.4 Å². The number of carbonyl (C=O) groups excluding carboxylic acids is 2. The Labute approximate surface area is 188 Å². The predicted octanol–water partition coefficient (Wildman–Crippen LogP) is 4.39. The monoisotopic (exact) mass is 457 g/mol. The highest BCUT2D eigenvalue weighted by molar-refractivity contribution is 6.06. The van der Waals surface area contributed by atoms with E-state index in [1.165, 1.54) is 16.9 Å². The molecule has 0 unspecified atom stereocenters. The molecule has 1 saturated heterocycles. The Morgan fingerprint density at radius 3 is 2.36 bits per heavy atom. The molecule has 1 N–H and O–H groups in total. The highest BCUT2D eigenvalue weighted by Crippen LogP contribution is 2.29. The number of carbonyl (C=O) groups is 2. The summed E-state index contributed by atoms with van der Waals surface area (Å²) in [6.45, 7) is 4.86. The molecule has 0 bridgehead atoms. The molecule has 33 heavy (non-hydrogen) atoms. The summed E-state index contributed by atoms with van der Waals surface area (Å²) in [7, 11) is 0. The molecule has 7 nitrogen and oxygen atoms in total. The van der Waals surface area contributed by atoms with Crippen molar-refractivity contribution in [3.8, 4) is 5.82 Å². The van der Waals surface area contributed by atoms with E-state index in [1.807, 2.05) is 0 Å². The van der Waals surface area contributed by atoms with E-state index in [1.54, 1.807) is 36.9 Å². The number of halogens is 3. The van der Waals surface area contributed by atoms with Crippen molar-refractivity contribution in [1.29, 1.82) is 0 Å². The second kappa shape index (κ2) is 8.68. The first-order valence-electron chi connectivity index (χ1n) is 10.5. The zero-order valence-electron chi connectivity index (χ0n) is 18.1. The first-order chi connectivity index (χ1) is 15.7. The van der Waals surface area contributed by atoms with Crippen LogP contribution in [0.3, 0.4) is 0 Å². The van der Waals surface area contributed by atoms with Gasteiger partial charge in [-0.15, -0.1) is 0 Å². The number of nitrogens with zero attached hydrogens (tertiary/aromatic N) is 4. The maximum atomic E-state index is 12.9. The average molecular weight is 457 g/mol. The molecule has 0 aliphatic carbocycles. The van der Waals surface area contributed by atoms with Gasteiger partial charge in [-0.1, -0.05) is 6.07 Å². The van der Waals surface area contributed by atoms with Crippen molar-refractivity contribution in [1.82, 2.24) is 19.7 Å². The minimum Gasteiger partial charge on any atom is -0.339 e. The van der Waals surface area contributed by atoms with Gasteiger partial charge in [0.05, 0.1) is 23.0 Å². The molecule has 4 rings (SSSR count). The first kappa shape index (κ1) is 22.5. The van der Waals surface area contributed by atoms with E-state index >= 15 is 0 Å². The fourth-order valence-corrected chi connectivity index (χ4v) is 3.83. The average Bonchev–Trinajstić information content (AvgIpc) is 3.44. The Kier molecular flexibility index (Phi) is 5.92. The lowest BCUT2D eigenvalue weighted by Crippen LogP contribution is -2.28. The topological polar surface area (TPSA) is 80.1 Å². The third-order valence-corrected chi connectivity index (χ3v) is 5.75. The van der Waals surface area contributed by atoms with Crippen LogP contribution >= 0.6 is 0 Å². The van der Waals surface area contributed by atoms with Crippen LogP contribution in [0.1, 0.15) is 50.4 Å². The molecule has 172 valence electrons. The number of nitrogens with one attached hydrogen (secondary N) is 1. The SMILES string of the molecule is Cc1c(NC(=O)c2cnn(-c3ccc(C(F)(F)F)cn3)c2C)cccc1C(=O)N1CCCC1. The zero-order valence-corrected chi connectivity index (χ0v) is 18.1. The molecule has 0 radical (unpaired) electrons.